The van der Waals surface area contributed by atoms with Gasteiger partial charge in [-0.05, 0) is 30.9 Å². The molecule has 0 aliphatic heterocycles. The Bertz CT molecular complexity index is 464. The van der Waals surface area contributed by atoms with Crippen LogP contribution in [0.1, 0.15) is 23.2 Å². The fraction of sp³-hybridized carbons (Fsp3) is 0.462. The molecule has 1 aliphatic carbocycles. The Morgan fingerprint density at radius 3 is 2.47 bits per heavy atom. The third-order valence-corrected chi connectivity index (χ3v) is 3.79. The van der Waals surface area contributed by atoms with Gasteiger partial charge in [-0.1, -0.05) is 23.2 Å². The number of hydrogen-bond acceptors (Lipinski definition) is 3. The predicted molar refractivity (Wildman–Crippen MR) is 74.1 cm³/mol. The predicted octanol–water partition coefficient (Wildman–Crippen LogP) is 2.50. The van der Waals surface area contributed by atoms with Crippen molar-refractivity contribution in [3.05, 3.63) is 27.7 Å². The van der Waals surface area contributed by atoms with Gasteiger partial charge in [-0.2, -0.15) is 0 Å². The first-order valence-corrected chi connectivity index (χ1v) is 6.76. The van der Waals surface area contributed by atoms with Crippen LogP contribution in [-0.2, 0) is 0 Å². The van der Waals surface area contributed by atoms with E-state index < -0.39 is 0 Å². The molecule has 4 nitrogen and oxygen atoms in total. The first-order chi connectivity index (χ1) is 9.01. The van der Waals surface area contributed by atoms with Crippen molar-refractivity contribution in [2.24, 2.45) is 5.92 Å². The van der Waals surface area contributed by atoms with Crippen LogP contribution in [0, 0.1) is 5.92 Å². The van der Waals surface area contributed by atoms with Gasteiger partial charge in [-0.3, -0.25) is 4.79 Å². The molecule has 0 spiro atoms. The maximum absolute atomic E-state index is 11.9. The molecule has 0 aromatic heterocycles. The molecule has 0 unspecified atom stereocenters. The van der Waals surface area contributed by atoms with Crippen molar-refractivity contribution in [1.29, 1.82) is 0 Å². The molecule has 1 fully saturated rings. The second kappa shape index (κ2) is 5.99. The van der Waals surface area contributed by atoms with Crippen molar-refractivity contribution in [3.63, 3.8) is 0 Å². The molecule has 6 heteroatoms. The lowest BCUT2D eigenvalue weighted by Gasteiger charge is -2.31. The molecule has 1 aliphatic rings. The summed E-state index contributed by atoms with van der Waals surface area (Å²) < 4.78 is 5.02. The number of benzene rings is 1. The summed E-state index contributed by atoms with van der Waals surface area (Å²) in [4.78, 5) is 11.9. The minimum Gasteiger partial charge on any atom is -0.494 e. The first kappa shape index (κ1) is 14.4. The van der Waals surface area contributed by atoms with E-state index in [-0.39, 0.29) is 12.0 Å². The van der Waals surface area contributed by atoms with Crippen LogP contribution in [0.5, 0.6) is 5.75 Å². The van der Waals surface area contributed by atoms with Crippen LogP contribution < -0.4 is 10.1 Å². The van der Waals surface area contributed by atoms with Crippen LogP contribution in [0.4, 0.5) is 0 Å². The lowest BCUT2D eigenvalue weighted by molar-refractivity contribution is 0.0420. The van der Waals surface area contributed by atoms with E-state index in [9.17, 15) is 4.79 Å². The second-order valence-electron chi connectivity index (χ2n) is 4.67. The smallest absolute Gasteiger partial charge is 0.251 e. The van der Waals surface area contributed by atoms with E-state index >= 15 is 0 Å². The van der Waals surface area contributed by atoms with Gasteiger partial charge in [-0.15, -0.1) is 0 Å². The Morgan fingerprint density at radius 2 is 2.00 bits per heavy atom. The maximum Gasteiger partial charge on any atom is 0.251 e. The number of carbonyl (C=O) groups excluding carboxylic acids is 1. The summed E-state index contributed by atoms with van der Waals surface area (Å²) in [6.07, 6.45) is 1.27. The molecular formula is C13H15Cl2NO3. The summed E-state index contributed by atoms with van der Waals surface area (Å²) in [6.45, 7) is 0.553. The molecule has 1 aromatic rings. The van der Waals surface area contributed by atoms with Gasteiger partial charge in [0.15, 0.2) is 5.75 Å². The van der Waals surface area contributed by atoms with Crippen molar-refractivity contribution >= 4 is 29.1 Å². The number of rotatable bonds is 4. The van der Waals surface area contributed by atoms with E-state index in [2.05, 4.69) is 5.32 Å². The largest absolute Gasteiger partial charge is 0.494 e. The van der Waals surface area contributed by atoms with Gasteiger partial charge in [0.2, 0.25) is 0 Å². The van der Waals surface area contributed by atoms with Gasteiger partial charge in [0, 0.05) is 12.1 Å². The zero-order valence-electron chi connectivity index (χ0n) is 10.5. The topological polar surface area (TPSA) is 58.6 Å². The normalized spacial score (nSPS) is 21.7. The third-order valence-electron chi connectivity index (χ3n) is 3.23. The molecule has 1 amide bonds. The lowest BCUT2D eigenvalue weighted by Crippen LogP contribution is -2.38. The molecule has 1 aromatic carbocycles. The summed E-state index contributed by atoms with van der Waals surface area (Å²) >= 11 is 12.0. The van der Waals surface area contributed by atoms with E-state index in [4.69, 9.17) is 33.0 Å². The lowest BCUT2D eigenvalue weighted by atomic mass is 9.82. The van der Waals surface area contributed by atoms with Gasteiger partial charge in [-0.25, -0.2) is 0 Å². The number of carbonyl (C=O) groups is 1. The number of aliphatic hydroxyl groups excluding tert-OH is 1. The minimum absolute atomic E-state index is 0.216. The zero-order chi connectivity index (χ0) is 14.0. The number of methoxy groups -OCH3 is 1. The van der Waals surface area contributed by atoms with E-state index in [1.807, 2.05) is 0 Å². The van der Waals surface area contributed by atoms with E-state index in [0.29, 0.717) is 33.8 Å². The molecule has 104 valence electrons. The Hall–Kier alpha value is -0.970. The molecule has 0 saturated heterocycles. The monoisotopic (exact) mass is 303 g/mol. The van der Waals surface area contributed by atoms with Crippen molar-refractivity contribution in [3.8, 4) is 5.75 Å². The number of halogens is 2. The van der Waals surface area contributed by atoms with Gasteiger partial charge in [0.25, 0.3) is 5.91 Å². The molecule has 0 atom stereocenters. The molecule has 2 rings (SSSR count). The van der Waals surface area contributed by atoms with Crippen LogP contribution in [0.2, 0.25) is 10.0 Å². The van der Waals surface area contributed by atoms with Gasteiger partial charge in [0.1, 0.15) is 0 Å². The summed E-state index contributed by atoms with van der Waals surface area (Å²) in [5.41, 5.74) is 0.399. The second-order valence-corrected chi connectivity index (χ2v) is 5.49. The van der Waals surface area contributed by atoms with Crippen LogP contribution in [-0.4, -0.2) is 30.8 Å². The fourth-order valence-electron chi connectivity index (χ4n) is 2.09. The molecule has 2 N–H and O–H groups in total. The summed E-state index contributed by atoms with van der Waals surface area (Å²) in [7, 11) is 1.47. The van der Waals surface area contributed by atoms with Crippen molar-refractivity contribution < 1.29 is 14.6 Å². The highest BCUT2D eigenvalue weighted by atomic mass is 35.5. The number of aliphatic hydroxyl groups is 1. The zero-order valence-corrected chi connectivity index (χ0v) is 12.0. The van der Waals surface area contributed by atoms with E-state index in [1.165, 1.54) is 19.2 Å². The number of amides is 1. The average molecular weight is 304 g/mol. The molecule has 1 saturated carbocycles. The Morgan fingerprint density at radius 1 is 1.42 bits per heavy atom. The highest BCUT2D eigenvalue weighted by molar-refractivity contribution is 6.37. The molecule has 0 heterocycles. The molecule has 19 heavy (non-hydrogen) atoms. The first-order valence-electron chi connectivity index (χ1n) is 6.00. The molecule has 0 radical (unpaired) electrons. The van der Waals surface area contributed by atoms with Crippen LogP contribution in [0.25, 0.3) is 0 Å². The minimum atomic E-state index is -0.229. The number of hydrogen-bond donors (Lipinski definition) is 2. The van der Waals surface area contributed by atoms with E-state index in [0.717, 1.165) is 12.8 Å². The van der Waals surface area contributed by atoms with E-state index in [1.54, 1.807) is 0 Å². The highest BCUT2D eigenvalue weighted by Gasteiger charge is 2.27. The molecular weight excluding hydrogens is 289 g/mol. The summed E-state index contributed by atoms with van der Waals surface area (Å²) in [5, 5.41) is 12.6. The average Bonchev–Trinajstić information content (AvgIpc) is 2.32. The van der Waals surface area contributed by atoms with Crippen molar-refractivity contribution in [2.75, 3.05) is 13.7 Å². The van der Waals surface area contributed by atoms with Gasteiger partial charge in [0.05, 0.1) is 23.3 Å². The number of ether oxygens (including phenoxy) is 1. The maximum atomic E-state index is 11.9. The van der Waals surface area contributed by atoms with Crippen LogP contribution in [0.15, 0.2) is 12.1 Å². The number of nitrogens with one attached hydrogen (secondary N) is 1. The van der Waals surface area contributed by atoms with Crippen molar-refractivity contribution in [1.82, 2.24) is 5.32 Å². The Kier molecular flexibility index (Phi) is 4.55. The standard InChI is InChI=1S/C13H15Cl2NO3/c1-19-12-10(14)4-8(5-11(12)15)13(18)16-6-7-2-9(17)3-7/h4-5,7,9,17H,2-3,6H2,1H3,(H,16,18). The van der Waals surface area contributed by atoms with Crippen LogP contribution in [0.3, 0.4) is 0 Å². The van der Waals surface area contributed by atoms with Gasteiger partial charge >= 0.3 is 0 Å². The highest BCUT2D eigenvalue weighted by Crippen LogP contribution is 2.33. The third kappa shape index (κ3) is 3.32. The Labute approximate surface area is 121 Å². The van der Waals surface area contributed by atoms with Gasteiger partial charge < -0.3 is 15.2 Å². The quantitative estimate of drug-likeness (QED) is 0.898. The SMILES string of the molecule is COc1c(Cl)cc(C(=O)NCC2CC(O)C2)cc1Cl. The Balaban J connectivity index is 1.99. The van der Waals surface area contributed by atoms with Crippen molar-refractivity contribution in [2.45, 2.75) is 18.9 Å². The summed E-state index contributed by atoms with van der Waals surface area (Å²) in [5.74, 6) is 0.484. The molecule has 0 bridgehead atoms. The van der Waals surface area contributed by atoms with Crippen LogP contribution >= 0.6 is 23.2 Å². The fourth-order valence-corrected chi connectivity index (χ4v) is 2.73. The summed E-state index contributed by atoms with van der Waals surface area (Å²) in [6, 6.07) is 3.05.